The second-order valence-electron chi connectivity index (χ2n) is 5.20. The molecule has 0 bridgehead atoms. The van der Waals surface area contributed by atoms with E-state index in [1.165, 1.54) is 0 Å². The maximum absolute atomic E-state index is 12.3. The lowest BCUT2D eigenvalue weighted by Crippen LogP contribution is -2.11. The molecule has 0 radical (unpaired) electrons. The van der Waals surface area contributed by atoms with Crippen molar-refractivity contribution in [1.82, 2.24) is 0 Å². The van der Waals surface area contributed by atoms with Gasteiger partial charge in [0.25, 0.3) is 5.91 Å². The van der Waals surface area contributed by atoms with Gasteiger partial charge in [-0.2, -0.15) is 5.26 Å². The predicted molar refractivity (Wildman–Crippen MR) is 96.0 cm³/mol. The van der Waals surface area contributed by atoms with Crippen LogP contribution in [0, 0.1) is 11.3 Å². The first-order valence-electron chi connectivity index (χ1n) is 7.34. The molecule has 116 valence electrons. The Morgan fingerprint density at radius 2 is 1.58 bits per heavy atom. The lowest BCUT2D eigenvalue weighted by Gasteiger charge is -2.07. The number of nitriles is 1. The maximum atomic E-state index is 12.3. The minimum absolute atomic E-state index is 0.226. The van der Waals surface area contributed by atoms with E-state index in [0.717, 1.165) is 11.1 Å². The van der Waals surface area contributed by atoms with Crippen LogP contribution in [0.15, 0.2) is 72.8 Å². The van der Waals surface area contributed by atoms with Crippen molar-refractivity contribution in [3.8, 4) is 17.2 Å². The van der Waals surface area contributed by atoms with Crippen molar-refractivity contribution < 1.29 is 4.79 Å². The Morgan fingerprint density at radius 1 is 0.917 bits per heavy atom. The molecule has 3 nitrogen and oxygen atoms in total. The number of benzene rings is 3. The first kappa shape index (κ1) is 15.8. The van der Waals surface area contributed by atoms with E-state index in [1.807, 2.05) is 48.5 Å². The number of rotatable bonds is 3. The highest BCUT2D eigenvalue weighted by molar-refractivity contribution is 6.32. The summed E-state index contributed by atoms with van der Waals surface area (Å²) in [6.07, 6.45) is 0. The highest BCUT2D eigenvalue weighted by Crippen LogP contribution is 2.22. The molecule has 0 aromatic heterocycles. The van der Waals surface area contributed by atoms with Gasteiger partial charge in [-0.3, -0.25) is 4.79 Å². The van der Waals surface area contributed by atoms with Crippen LogP contribution in [-0.4, -0.2) is 5.91 Å². The van der Waals surface area contributed by atoms with E-state index in [9.17, 15) is 4.79 Å². The number of anilines is 1. The molecular weight excluding hydrogens is 320 g/mol. The Bertz CT molecular complexity index is 913. The fraction of sp³-hybridized carbons (Fsp3) is 0. The molecule has 3 aromatic carbocycles. The van der Waals surface area contributed by atoms with Gasteiger partial charge in [0.15, 0.2) is 0 Å². The zero-order chi connectivity index (χ0) is 16.9. The van der Waals surface area contributed by atoms with E-state index < -0.39 is 0 Å². The average Bonchev–Trinajstić information content (AvgIpc) is 2.63. The third kappa shape index (κ3) is 3.45. The topological polar surface area (TPSA) is 52.9 Å². The van der Waals surface area contributed by atoms with Crippen molar-refractivity contribution in [2.24, 2.45) is 0 Å². The predicted octanol–water partition coefficient (Wildman–Crippen LogP) is 5.13. The molecule has 3 rings (SSSR count). The summed E-state index contributed by atoms with van der Waals surface area (Å²) in [6.45, 7) is 0. The molecule has 0 saturated carbocycles. The number of halogens is 1. The summed E-state index contributed by atoms with van der Waals surface area (Å²) in [5.41, 5.74) is 3.63. The third-order valence-corrected chi connectivity index (χ3v) is 3.91. The van der Waals surface area contributed by atoms with Crippen molar-refractivity contribution in [1.29, 1.82) is 5.26 Å². The SMILES string of the molecule is N#Cc1ccc(NC(=O)c2ccc(-c3ccccc3)cc2)cc1Cl. The van der Waals surface area contributed by atoms with Crippen LogP contribution in [0.25, 0.3) is 11.1 Å². The summed E-state index contributed by atoms with van der Waals surface area (Å²) in [5.74, 6) is -0.226. The van der Waals surface area contributed by atoms with Crippen molar-refractivity contribution >= 4 is 23.2 Å². The number of hydrogen-bond donors (Lipinski definition) is 1. The molecule has 1 N–H and O–H groups in total. The van der Waals surface area contributed by atoms with E-state index in [2.05, 4.69) is 5.32 Å². The van der Waals surface area contributed by atoms with Gasteiger partial charge < -0.3 is 5.32 Å². The first-order chi connectivity index (χ1) is 11.7. The lowest BCUT2D eigenvalue weighted by molar-refractivity contribution is 0.102. The molecule has 3 aromatic rings. The highest BCUT2D eigenvalue weighted by Gasteiger charge is 2.08. The van der Waals surface area contributed by atoms with E-state index >= 15 is 0 Å². The third-order valence-electron chi connectivity index (χ3n) is 3.60. The van der Waals surface area contributed by atoms with Crippen LogP contribution >= 0.6 is 11.6 Å². The maximum Gasteiger partial charge on any atom is 0.255 e. The molecule has 0 spiro atoms. The van der Waals surface area contributed by atoms with Gasteiger partial charge in [0.05, 0.1) is 10.6 Å². The molecular formula is C20H13ClN2O. The van der Waals surface area contributed by atoms with Crippen LogP contribution in [0.5, 0.6) is 0 Å². The molecule has 0 fully saturated rings. The van der Waals surface area contributed by atoms with E-state index in [4.69, 9.17) is 16.9 Å². The largest absolute Gasteiger partial charge is 0.322 e. The zero-order valence-electron chi connectivity index (χ0n) is 12.7. The van der Waals surface area contributed by atoms with Crippen molar-refractivity contribution in [3.63, 3.8) is 0 Å². The summed E-state index contributed by atoms with van der Waals surface area (Å²) in [6, 6.07) is 24.1. The van der Waals surface area contributed by atoms with Gasteiger partial charge in [0, 0.05) is 11.3 Å². The van der Waals surface area contributed by atoms with Gasteiger partial charge in [-0.15, -0.1) is 0 Å². The van der Waals surface area contributed by atoms with E-state index in [-0.39, 0.29) is 5.91 Å². The van der Waals surface area contributed by atoms with Crippen molar-refractivity contribution in [2.45, 2.75) is 0 Å². The van der Waals surface area contributed by atoms with Crippen LogP contribution in [0.1, 0.15) is 15.9 Å². The molecule has 0 aliphatic rings. The van der Waals surface area contributed by atoms with Crippen LogP contribution in [-0.2, 0) is 0 Å². The summed E-state index contributed by atoms with van der Waals surface area (Å²) in [7, 11) is 0. The minimum Gasteiger partial charge on any atom is -0.322 e. The number of nitrogens with one attached hydrogen (secondary N) is 1. The van der Waals surface area contributed by atoms with Crippen LogP contribution in [0.3, 0.4) is 0 Å². The number of carbonyl (C=O) groups excluding carboxylic acids is 1. The fourth-order valence-corrected chi connectivity index (χ4v) is 2.55. The average molecular weight is 333 g/mol. The number of amides is 1. The fourth-order valence-electron chi connectivity index (χ4n) is 2.33. The standard InChI is InChI=1S/C20H13ClN2O/c21-19-12-18(11-10-17(19)13-22)23-20(24)16-8-6-15(7-9-16)14-4-2-1-3-5-14/h1-12H,(H,23,24). The van der Waals surface area contributed by atoms with Crippen molar-refractivity contribution in [3.05, 3.63) is 88.9 Å². The monoisotopic (exact) mass is 332 g/mol. The van der Waals surface area contributed by atoms with Gasteiger partial charge in [-0.25, -0.2) is 0 Å². The number of nitrogens with zero attached hydrogens (tertiary/aromatic N) is 1. The van der Waals surface area contributed by atoms with Crippen LogP contribution in [0.2, 0.25) is 5.02 Å². The lowest BCUT2D eigenvalue weighted by atomic mass is 10.0. The first-order valence-corrected chi connectivity index (χ1v) is 7.71. The van der Waals surface area contributed by atoms with Gasteiger partial charge in [0.1, 0.15) is 6.07 Å². The smallest absolute Gasteiger partial charge is 0.255 e. The van der Waals surface area contributed by atoms with Crippen molar-refractivity contribution in [2.75, 3.05) is 5.32 Å². The Balaban J connectivity index is 1.76. The van der Waals surface area contributed by atoms with E-state index in [1.54, 1.807) is 30.3 Å². The Labute approximate surface area is 145 Å². The van der Waals surface area contributed by atoms with Gasteiger partial charge in [-0.1, -0.05) is 54.1 Å². The van der Waals surface area contributed by atoms with E-state index in [0.29, 0.717) is 21.8 Å². The normalized spacial score (nSPS) is 10.0. The second kappa shape index (κ2) is 6.99. The molecule has 0 saturated heterocycles. The van der Waals surface area contributed by atoms with Gasteiger partial charge in [-0.05, 0) is 41.5 Å². The number of carbonyl (C=O) groups is 1. The van der Waals surface area contributed by atoms with Gasteiger partial charge >= 0.3 is 0 Å². The highest BCUT2D eigenvalue weighted by atomic mass is 35.5. The quantitative estimate of drug-likeness (QED) is 0.722. The Kier molecular flexibility index (Phi) is 4.60. The van der Waals surface area contributed by atoms with Crippen LogP contribution < -0.4 is 5.32 Å². The molecule has 0 aliphatic heterocycles. The molecule has 24 heavy (non-hydrogen) atoms. The summed E-state index contributed by atoms with van der Waals surface area (Å²) < 4.78 is 0. The molecule has 0 aliphatic carbocycles. The number of hydrogen-bond acceptors (Lipinski definition) is 2. The van der Waals surface area contributed by atoms with Gasteiger partial charge in [0.2, 0.25) is 0 Å². The molecule has 0 atom stereocenters. The minimum atomic E-state index is -0.226. The summed E-state index contributed by atoms with van der Waals surface area (Å²) in [4.78, 5) is 12.3. The molecule has 0 unspecified atom stereocenters. The zero-order valence-corrected chi connectivity index (χ0v) is 13.4. The Morgan fingerprint density at radius 3 is 2.21 bits per heavy atom. The molecule has 0 heterocycles. The molecule has 4 heteroatoms. The second-order valence-corrected chi connectivity index (χ2v) is 5.61. The summed E-state index contributed by atoms with van der Waals surface area (Å²) >= 11 is 5.97. The Hall–Kier alpha value is -3.09. The molecule has 1 amide bonds. The van der Waals surface area contributed by atoms with Crippen LogP contribution in [0.4, 0.5) is 5.69 Å². The summed E-state index contributed by atoms with van der Waals surface area (Å²) in [5, 5.41) is 12.0.